The van der Waals surface area contributed by atoms with Gasteiger partial charge in [-0.2, -0.15) is 0 Å². The summed E-state index contributed by atoms with van der Waals surface area (Å²) in [4.78, 5) is 32.2. The fraction of sp³-hybridized carbons (Fsp3) is 0.111. The van der Waals surface area contributed by atoms with Gasteiger partial charge in [-0.25, -0.2) is 9.59 Å². The Kier molecular flexibility index (Phi) is 6.87. The highest BCUT2D eigenvalue weighted by molar-refractivity contribution is 6.15. The average molecular weight is 354 g/mol. The van der Waals surface area contributed by atoms with Gasteiger partial charge in [-0.05, 0) is 49.2 Å². The fourth-order valence-corrected chi connectivity index (χ4v) is 1.94. The minimum Gasteiger partial charge on any atom is -0.298 e. The number of hydrogen-bond donors (Lipinski definition) is 2. The first kappa shape index (κ1) is 18.7. The molecule has 0 aliphatic heterocycles. The van der Waals surface area contributed by atoms with Crippen molar-refractivity contribution in [2.24, 2.45) is 10.3 Å². The second-order valence-electron chi connectivity index (χ2n) is 5.26. The van der Waals surface area contributed by atoms with E-state index in [-0.39, 0.29) is 0 Å². The summed E-state index contributed by atoms with van der Waals surface area (Å²) in [7, 11) is 0. The molecule has 0 unspecified atom stereocenters. The monoisotopic (exact) mass is 354 g/mol. The maximum atomic E-state index is 11.5. The topological polar surface area (TPSA) is 101 Å². The van der Waals surface area contributed by atoms with Crippen molar-refractivity contribution in [3.63, 3.8) is 0 Å². The summed E-state index contributed by atoms with van der Waals surface area (Å²) in [5.41, 5.74) is 3.18. The first-order valence-corrected chi connectivity index (χ1v) is 7.67. The summed E-state index contributed by atoms with van der Waals surface area (Å²) in [5, 5.41) is 11.8. The van der Waals surface area contributed by atoms with E-state index >= 15 is 0 Å². The van der Waals surface area contributed by atoms with Crippen LogP contribution in [0.4, 0.5) is 21.0 Å². The highest BCUT2D eigenvalue weighted by atomic mass is 16.7. The average Bonchev–Trinajstić information content (AvgIpc) is 2.58. The van der Waals surface area contributed by atoms with Crippen molar-refractivity contribution in [1.82, 2.24) is 0 Å². The van der Waals surface area contributed by atoms with Crippen LogP contribution in [-0.4, -0.2) is 24.6 Å². The lowest BCUT2D eigenvalue weighted by Crippen LogP contribution is -2.11. The number of amides is 2. The van der Waals surface area contributed by atoms with Crippen molar-refractivity contribution < 1.29 is 19.3 Å². The maximum absolute atomic E-state index is 11.5. The zero-order chi connectivity index (χ0) is 18.8. The molecule has 8 heteroatoms. The van der Waals surface area contributed by atoms with Crippen molar-refractivity contribution in [3.05, 3.63) is 59.7 Å². The molecule has 0 heterocycles. The molecule has 0 aromatic heterocycles. The number of carbonyl (C=O) groups is 2. The standard InChI is InChI=1S/C18H18N4O4/c1-13-5-3-7-15(11-13)21-17(23)25-19-9-10-20-26-18(24)22-16-8-4-6-14(2)12-16/h3-12H,1-2H3,(H,21,23)(H,22,24). The van der Waals surface area contributed by atoms with E-state index in [0.717, 1.165) is 23.6 Å². The lowest BCUT2D eigenvalue weighted by Gasteiger charge is -2.03. The van der Waals surface area contributed by atoms with Gasteiger partial charge in [-0.15, -0.1) is 0 Å². The number of nitrogens with one attached hydrogen (secondary N) is 2. The van der Waals surface area contributed by atoms with Crippen molar-refractivity contribution in [2.75, 3.05) is 10.6 Å². The van der Waals surface area contributed by atoms with Crippen LogP contribution in [0.5, 0.6) is 0 Å². The summed E-state index contributed by atoms with van der Waals surface area (Å²) < 4.78 is 0. The third-order valence-electron chi connectivity index (χ3n) is 2.99. The number of carbonyl (C=O) groups excluding carboxylic acids is 2. The number of oxime groups is 2. The first-order valence-electron chi connectivity index (χ1n) is 7.67. The predicted octanol–water partition coefficient (Wildman–Crippen LogP) is 4.07. The summed E-state index contributed by atoms with van der Waals surface area (Å²) in [6.45, 7) is 3.81. The molecule has 0 atom stereocenters. The van der Waals surface area contributed by atoms with E-state index < -0.39 is 12.2 Å². The molecule has 0 radical (unpaired) electrons. The van der Waals surface area contributed by atoms with Gasteiger partial charge in [-0.1, -0.05) is 34.6 Å². The van der Waals surface area contributed by atoms with Gasteiger partial charge < -0.3 is 0 Å². The van der Waals surface area contributed by atoms with Gasteiger partial charge in [0.1, 0.15) is 0 Å². The van der Waals surface area contributed by atoms with E-state index in [9.17, 15) is 9.59 Å². The largest absolute Gasteiger partial charge is 0.437 e. The normalized spacial score (nSPS) is 10.7. The maximum Gasteiger partial charge on any atom is 0.437 e. The van der Waals surface area contributed by atoms with E-state index in [2.05, 4.69) is 30.6 Å². The van der Waals surface area contributed by atoms with Crippen LogP contribution in [0.25, 0.3) is 0 Å². The fourth-order valence-electron chi connectivity index (χ4n) is 1.94. The third-order valence-corrected chi connectivity index (χ3v) is 2.99. The van der Waals surface area contributed by atoms with Gasteiger partial charge in [0.15, 0.2) is 0 Å². The van der Waals surface area contributed by atoms with Gasteiger partial charge in [-0.3, -0.25) is 20.3 Å². The Morgan fingerprint density at radius 3 is 1.62 bits per heavy atom. The minimum atomic E-state index is -0.752. The Bertz CT molecular complexity index is 764. The highest BCUT2D eigenvalue weighted by Gasteiger charge is 2.03. The van der Waals surface area contributed by atoms with Gasteiger partial charge in [0, 0.05) is 11.4 Å². The van der Waals surface area contributed by atoms with Crippen LogP contribution in [0.3, 0.4) is 0 Å². The first-order chi connectivity index (χ1) is 12.5. The molecule has 0 aliphatic rings. The molecule has 26 heavy (non-hydrogen) atoms. The molecule has 8 nitrogen and oxygen atoms in total. The van der Waals surface area contributed by atoms with E-state index in [1.54, 1.807) is 36.4 Å². The molecule has 2 aromatic carbocycles. The SMILES string of the molecule is Cc1cccc(NC(=O)ON=CC=NOC(=O)Nc2cccc(C)c2)c1. The van der Waals surface area contributed by atoms with Crippen LogP contribution in [0.2, 0.25) is 0 Å². The summed E-state index contributed by atoms with van der Waals surface area (Å²) >= 11 is 0. The van der Waals surface area contributed by atoms with Crippen LogP contribution in [-0.2, 0) is 9.68 Å². The summed E-state index contributed by atoms with van der Waals surface area (Å²) in [6.07, 6.45) is 0.627. The molecular formula is C18H18N4O4. The Morgan fingerprint density at radius 2 is 1.23 bits per heavy atom. The van der Waals surface area contributed by atoms with Gasteiger partial charge in [0.2, 0.25) is 0 Å². The molecule has 0 saturated heterocycles. The molecule has 0 aliphatic carbocycles. The Labute approximate surface area is 150 Å². The minimum absolute atomic E-state index is 0.593. The molecule has 0 bridgehead atoms. The van der Waals surface area contributed by atoms with E-state index in [1.165, 1.54) is 0 Å². The van der Waals surface area contributed by atoms with Crippen molar-refractivity contribution >= 4 is 36.0 Å². The second-order valence-corrected chi connectivity index (χ2v) is 5.26. The van der Waals surface area contributed by atoms with Gasteiger partial charge in [0.25, 0.3) is 0 Å². The highest BCUT2D eigenvalue weighted by Crippen LogP contribution is 2.10. The molecule has 2 rings (SSSR count). The molecule has 2 aromatic rings. The molecule has 0 fully saturated rings. The molecule has 2 N–H and O–H groups in total. The summed E-state index contributed by atoms with van der Waals surface area (Å²) in [5.74, 6) is 0. The Morgan fingerprint density at radius 1 is 0.808 bits per heavy atom. The van der Waals surface area contributed by atoms with Crippen LogP contribution < -0.4 is 10.6 Å². The zero-order valence-corrected chi connectivity index (χ0v) is 14.3. The third kappa shape index (κ3) is 6.83. The quantitative estimate of drug-likeness (QED) is 0.480. The Hall–Kier alpha value is -3.68. The number of nitrogens with zero attached hydrogens (tertiary/aromatic N) is 2. The van der Waals surface area contributed by atoms with Gasteiger partial charge >= 0.3 is 12.2 Å². The van der Waals surface area contributed by atoms with Crippen molar-refractivity contribution in [1.29, 1.82) is 0 Å². The molecule has 0 saturated carbocycles. The van der Waals surface area contributed by atoms with Crippen LogP contribution in [0.1, 0.15) is 11.1 Å². The molecule has 134 valence electrons. The second kappa shape index (κ2) is 9.58. The van der Waals surface area contributed by atoms with Crippen LogP contribution in [0, 0.1) is 13.8 Å². The number of rotatable bonds is 5. The number of hydrogen-bond acceptors (Lipinski definition) is 6. The van der Waals surface area contributed by atoms with Crippen molar-refractivity contribution in [2.45, 2.75) is 13.8 Å². The molecular weight excluding hydrogens is 336 g/mol. The van der Waals surface area contributed by atoms with Crippen LogP contribution in [0.15, 0.2) is 58.8 Å². The van der Waals surface area contributed by atoms with Crippen LogP contribution >= 0.6 is 0 Å². The summed E-state index contributed by atoms with van der Waals surface area (Å²) in [6, 6.07) is 14.4. The molecule has 2 amide bonds. The van der Waals surface area contributed by atoms with E-state index in [0.29, 0.717) is 11.4 Å². The zero-order valence-electron chi connectivity index (χ0n) is 14.3. The predicted molar refractivity (Wildman–Crippen MR) is 99.5 cm³/mol. The Balaban J connectivity index is 1.69. The van der Waals surface area contributed by atoms with Crippen molar-refractivity contribution in [3.8, 4) is 0 Å². The number of aryl methyl sites for hydroxylation is 2. The van der Waals surface area contributed by atoms with Gasteiger partial charge in [0.05, 0.1) is 12.4 Å². The van der Waals surface area contributed by atoms with E-state index in [1.807, 2.05) is 26.0 Å². The number of benzene rings is 2. The number of anilines is 2. The van der Waals surface area contributed by atoms with E-state index in [4.69, 9.17) is 0 Å². The lowest BCUT2D eigenvalue weighted by atomic mass is 10.2. The molecule has 0 spiro atoms. The smallest absolute Gasteiger partial charge is 0.298 e. The lowest BCUT2D eigenvalue weighted by molar-refractivity contribution is 0.165.